The van der Waals surface area contributed by atoms with E-state index in [0.717, 1.165) is 38.8 Å². The second-order valence-corrected chi connectivity index (χ2v) is 13.5. The summed E-state index contributed by atoms with van der Waals surface area (Å²) in [6.45, 7) is 0. The number of fused-ring (bicyclic) bond motifs is 14. The van der Waals surface area contributed by atoms with Gasteiger partial charge in [-0.05, 0) is 58.1 Å². The molecular weight excluding hydrogens is 591 g/mol. The number of hydrogen-bond donors (Lipinski definition) is 0. The number of thiophene rings is 1. The Kier molecular flexibility index (Phi) is 5.02. The van der Waals surface area contributed by atoms with Gasteiger partial charge in [0.1, 0.15) is 11.2 Å². The number of rotatable bonds is 2. The second-order valence-electron chi connectivity index (χ2n) is 12.4. The van der Waals surface area contributed by atoms with Crippen molar-refractivity contribution in [2.24, 2.45) is 0 Å². The number of hydrogen-bond acceptors (Lipinski definition) is 2. The summed E-state index contributed by atoms with van der Waals surface area (Å²) in [5.41, 5.74) is 7.68. The summed E-state index contributed by atoms with van der Waals surface area (Å²) in [5.74, 6) is 0. The van der Waals surface area contributed by atoms with Crippen LogP contribution >= 0.6 is 11.3 Å². The molecule has 2 nitrogen and oxygen atoms in total. The molecule has 0 spiro atoms. The first kappa shape index (κ1) is 25.3. The SMILES string of the molecule is c1ccc2c(c1)oc1c(-c3ccc(-n4c5ccccc5c5c6ccc7ccc8c9ccccc9sc8c7c6ccc54)cc3)cccc12. The van der Waals surface area contributed by atoms with Gasteiger partial charge in [0.05, 0.1) is 11.0 Å². The highest BCUT2D eigenvalue weighted by molar-refractivity contribution is 7.26. The third-order valence-electron chi connectivity index (χ3n) is 10.00. The highest BCUT2D eigenvalue weighted by atomic mass is 32.1. The van der Waals surface area contributed by atoms with Gasteiger partial charge in [-0.3, -0.25) is 0 Å². The van der Waals surface area contributed by atoms with Crippen molar-refractivity contribution in [2.45, 2.75) is 0 Å². The smallest absolute Gasteiger partial charge is 0.143 e. The van der Waals surface area contributed by atoms with Crippen LogP contribution in [0.2, 0.25) is 0 Å². The van der Waals surface area contributed by atoms with Gasteiger partial charge in [-0.2, -0.15) is 0 Å². The van der Waals surface area contributed by atoms with Crippen LogP contribution in [-0.2, 0) is 0 Å². The zero-order valence-corrected chi connectivity index (χ0v) is 26.0. The molecule has 11 rings (SSSR count). The lowest BCUT2D eigenvalue weighted by Gasteiger charge is -2.11. The first-order valence-corrected chi connectivity index (χ1v) is 16.8. The van der Waals surface area contributed by atoms with Crippen LogP contribution < -0.4 is 0 Å². The van der Waals surface area contributed by atoms with Gasteiger partial charge in [-0.15, -0.1) is 11.3 Å². The van der Waals surface area contributed by atoms with Crippen LogP contribution in [0.4, 0.5) is 0 Å². The molecular formula is C44H25NOS. The van der Waals surface area contributed by atoms with E-state index in [1.807, 2.05) is 23.5 Å². The third-order valence-corrected chi connectivity index (χ3v) is 11.2. The summed E-state index contributed by atoms with van der Waals surface area (Å²) in [6, 6.07) is 55.1. The van der Waals surface area contributed by atoms with E-state index in [0.29, 0.717) is 0 Å². The van der Waals surface area contributed by atoms with Gasteiger partial charge in [0, 0.05) is 58.4 Å². The molecule has 0 aliphatic carbocycles. The highest BCUT2D eigenvalue weighted by Gasteiger charge is 2.18. The maximum Gasteiger partial charge on any atom is 0.143 e. The molecule has 0 unspecified atom stereocenters. The number of aromatic nitrogens is 1. The lowest BCUT2D eigenvalue weighted by Crippen LogP contribution is -1.93. The standard InChI is InChI=1S/C44H25NOS/c1-4-13-37-36(10-1)42-33-22-18-27-19-23-35-31-9-3-6-15-40(31)47-44(35)41(27)32(33)24-25-38(42)45(37)28-20-16-26(17-21-28)29-11-7-12-34-30-8-2-5-14-39(30)46-43(29)34/h1-25H. The third kappa shape index (κ3) is 3.44. The zero-order valence-electron chi connectivity index (χ0n) is 25.2. The molecule has 11 aromatic rings. The molecule has 47 heavy (non-hydrogen) atoms. The Balaban J connectivity index is 1.14. The summed E-state index contributed by atoms with van der Waals surface area (Å²) in [7, 11) is 0. The number of para-hydroxylation sites is 3. The Hall–Kier alpha value is -5.90. The van der Waals surface area contributed by atoms with Crippen molar-refractivity contribution in [1.82, 2.24) is 4.57 Å². The first-order valence-electron chi connectivity index (χ1n) is 16.0. The van der Waals surface area contributed by atoms with Gasteiger partial charge in [0.25, 0.3) is 0 Å². The normalized spacial score (nSPS) is 12.3. The fourth-order valence-corrected chi connectivity index (χ4v) is 9.19. The molecule has 3 aromatic heterocycles. The van der Waals surface area contributed by atoms with Crippen LogP contribution in [0.5, 0.6) is 0 Å². The Morgan fingerprint density at radius 1 is 0.447 bits per heavy atom. The van der Waals surface area contributed by atoms with E-state index in [1.165, 1.54) is 63.5 Å². The van der Waals surface area contributed by atoms with Gasteiger partial charge in [-0.1, -0.05) is 115 Å². The Morgan fingerprint density at radius 2 is 1.15 bits per heavy atom. The Labute approximate surface area is 273 Å². The largest absolute Gasteiger partial charge is 0.455 e. The van der Waals surface area contributed by atoms with Crippen LogP contribution in [0.1, 0.15) is 0 Å². The molecule has 3 heteroatoms. The molecule has 0 aliphatic rings. The Bertz CT molecular complexity index is 3060. The predicted molar refractivity (Wildman–Crippen MR) is 201 cm³/mol. The molecule has 8 aromatic carbocycles. The number of nitrogens with zero attached hydrogens (tertiary/aromatic N) is 1. The molecule has 0 saturated heterocycles. The van der Waals surface area contributed by atoms with Crippen molar-refractivity contribution in [1.29, 1.82) is 0 Å². The van der Waals surface area contributed by atoms with Crippen molar-refractivity contribution in [3.8, 4) is 16.8 Å². The molecule has 0 radical (unpaired) electrons. The second kappa shape index (κ2) is 9.32. The van der Waals surface area contributed by atoms with E-state index in [4.69, 9.17) is 4.42 Å². The van der Waals surface area contributed by atoms with Crippen LogP contribution in [0.25, 0.3) is 102 Å². The summed E-state index contributed by atoms with van der Waals surface area (Å²) >= 11 is 1.91. The average molecular weight is 616 g/mol. The van der Waals surface area contributed by atoms with Crippen LogP contribution in [-0.4, -0.2) is 4.57 Å². The highest BCUT2D eigenvalue weighted by Crippen LogP contribution is 2.44. The van der Waals surface area contributed by atoms with Gasteiger partial charge < -0.3 is 8.98 Å². The van der Waals surface area contributed by atoms with Gasteiger partial charge in [0.2, 0.25) is 0 Å². The molecule has 0 atom stereocenters. The summed E-state index contributed by atoms with van der Waals surface area (Å²) in [6.07, 6.45) is 0. The summed E-state index contributed by atoms with van der Waals surface area (Å²) in [4.78, 5) is 0. The van der Waals surface area contributed by atoms with E-state index in [9.17, 15) is 0 Å². The van der Waals surface area contributed by atoms with Crippen molar-refractivity contribution in [3.05, 3.63) is 152 Å². The lowest BCUT2D eigenvalue weighted by atomic mass is 9.97. The average Bonchev–Trinajstić information content (AvgIpc) is 3.81. The quantitative estimate of drug-likeness (QED) is 0.177. The maximum absolute atomic E-state index is 6.37. The number of benzene rings is 8. The molecule has 0 aliphatic heterocycles. The minimum absolute atomic E-state index is 0.921. The van der Waals surface area contributed by atoms with E-state index >= 15 is 0 Å². The predicted octanol–water partition coefficient (Wildman–Crippen LogP) is 13.0. The number of furan rings is 1. The molecule has 218 valence electrons. The van der Waals surface area contributed by atoms with Gasteiger partial charge in [-0.25, -0.2) is 0 Å². The van der Waals surface area contributed by atoms with Gasteiger partial charge >= 0.3 is 0 Å². The molecule has 0 fully saturated rings. The first-order chi connectivity index (χ1) is 23.3. The maximum atomic E-state index is 6.37. The van der Waals surface area contributed by atoms with Gasteiger partial charge in [0.15, 0.2) is 0 Å². The van der Waals surface area contributed by atoms with Crippen LogP contribution in [0.3, 0.4) is 0 Å². The zero-order chi connectivity index (χ0) is 30.6. The fourth-order valence-electron chi connectivity index (χ4n) is 7.91. The van der Waals surface area contributed by atoms with Crippen LogP contribution in [0, 0.1) is 0 Å². The summed E-state index contributed by atoms with van der Waals surface area (Å²) in [5, 5.41) is 12.8. The lowest BCUT2D eigenvalue weighted by molar-refractivity contribution is 0.670. The molecule has 0 bridgehead atoms. The minimum Gasteiger partial charge on any atom is -0.455 e. The molecule has 0 amide bonds. The summed E-state index contributed by atoms with van der Waals surface area (Å²) < 4.78 is 11.5. The molecule has 0 N–H and O–H groups in total. The van der Waals surface area contributed by atoms with Crippen molar-refractivity contribution < 1.29 is 4.42 Å². The molecule has 0 saturated carbocycles. The van der Waals surface area contributed by atoms with E-state index < -0.39 is 0 Å². The van der Waals surface area contributed by atoms with E-state index in [-0.39, 0.29) is 0 Å². The van der Waals surface area contributed by atoms with Crippen molar-refractivity contribution in [2.75, 3.05) is 0 Å². The van der Waals surface area contributed by atoms with Crippen LogP contribution in [0.15, 0.2) is 156 Å². The Morgan fingerprint density at radius 3 is 2.04 bits per heavy atom. The minimum atomic E-state index is 0.921. The van der Waals surface area contributed by atoms with Crippen molar-refractivity contribution >= 4 is 96.8 Å². The molecule has 3 heterocycles. The monoisotopic (exact) mass is 615 g/mol. The van der Waals surface area contributed by atoms with E-state index in [1.54, 1.807) is 0 Å². The topological polar surface area (TPSA) is 18.1 Å². The van der Waals surface area contributed by atoms with E-state index in [2.05, 4.69) is 144 Å². The van der Waals surface area contributed by atoms with Crippen molar-refractivity contribution in [3.63, 3.8) is 0 Å². The fraction of sp³-hybridized carbons (Fsp3) is 0.